The summed E-state index contributed by atoms with van der Waals surface area (Å²) in [7, 11) is -1.80. The normalized spacial score (nSPS) is 13.4. The molecule has 0 heterocycles. The van der Waals surface area contributed by atoms with Crippen molar-refractivity contribution in [3.63, 3.8) is 0 Å². The fourth-order valence-electron chi connectivity index (χ4n) is 1.64. The molecular weight excluding hydrogens is 248 g/mol. The Morgan fingerprint density at radius 1 is 1.00 bits per heavy atom. The van der Waals surface area contributed by atoms with E-state index in [0.717, 1.165) is 12.8 Å². The molecule has 0 aliphatic carbocycles. The first kappa shape index (κ1) is 18.4. The SMILES string of the molecule is CC(C)=CC/C=C(/C)CCC(=O)[Si](C)(C)C(C)(C)C. The summed E-state index contributed by atoms with van der Waals surface area (Å²) in [5, 5.41) is 0.666. The molecule has 0 N–H and O–H groups in total. The lowest BCUT2D eigenvalue weighted by Gasteiger charge is -2.35. The highest BCUT2D eigenvalue weighted by molar-refractivity contribution is 7.06. The number of hydrogen-bond acceptors (Lipinski definition) is 1. The Labute approximate surface area is 121 Å². The molecule has 0 bridgehead atoms. The second kappa shape index (κ2) is 7.23. The zero-order chi connectivity index (χ0) is 15.3. The van der Waals surface area contributed by atoms with Crippen LogP contribution < -0.4 is 0 Å². The summed E-state index contributed by atoms with van der Waals surface area (Å²) in [5.74, 6) is 0. The third kappa shape index (κ3) is 6.37. The molecule has 0 fully saturated rings. The molecule has 1 nitrogen and oxygen atoms in total. The predicted octanol–water partition coefficient (Wildman–Crippen LogP) is 5.69. The first-order valence-corrected chi connectivity index (χ1v) is 10.3. The van der Waals surface area contributed by atoms with Gasteiger partial charge in [0.1, 0.15) is 13.5 Å². The standard InChI is InChI=1S/C17H32OSi/c1-14(2)10-9-11-15(3)12-13-16(18)19(7,8)17(4,5)6/h10-11H,9,12-13H2,1-8H3/b15-11-. The number of allylic oxidation sites excluding steroid dienone is 4. The molecule has 0 aliphatic rings. The van der Waals surface area contributed by atoms with Gasteiger partial charge in [-0.25, -0.2) is 0 Å². The number of hydrogen-bond donors (Lipinski definition) is 0. The molecule has 0 atom stereocenters. The van der Waals surface area contributed by atoms with Gasteiger partial charge in [-0.2, -0.15) is 0 Å². The zero-order valence-corrected chi connectivity index (χ0v) is 15.2. The summed E-state index contributed by atoms with van der Waals surface area (Å²) in [6, 6.07) is 0. The highest BCUT2D eigenvalue weighted by Crippen LogP contribution is 2.37. The highest BCUT2D eigenvalue weighted by Gasteiger charge is 2.41. The van der Waals surface area contributed by atoms with Gasteiger partial charge in [-0.15, -0.1) is 0 Å². The first-order chi connectivity index (χ1) is 8.48. The molecule has 0 aromatic carbocycles. The lowest BCUT2D eigenvalue weighted by Crippen LogP contribution is -2.46. The van der Waals surface area contributed by atoms with Crippen LogP contribution in [0, 0.1) is 0 Å². The summed E-state index contributed by atoms with van der Waals surface area (Å²) in [5.41, 5.74) is 2.69. The van der Waals surface area contributed by atoms with E-state index in [1.54, 1.807) is 0 Å². The van der Waals surface area contributed by atoms with E-state index in [-0.39, 0.29) is 5.04 Å². The first-order valence-electron chi connectivity index (χ1n) is 7.31. The van der Waals surface area contributed by atoms with Gasteiger partial charge in [0.05, 0.1) is 0 Å². The van der Waals surface area contributed by atoms with Gasteiger partial charge in [0.25, 0.3) is 0 Å². The highest BCUT2D eigenvalue weighted by atomic mass is 28.3. The minimum Gasteiger partial charge on any atom is -0.305 e. The molecular formula is C17H32OSi. The number of carbonyl (C=O) groups excluding carboxylic acids is 1. The Morgan fingerprint density at radius 2 is 1.53 bits per heavy atom. The zero-order valence-electron chi connectivity index (χ0n) is 14.2. The Kier molecular flexibility index (Phi) is 6.99. The monoisotopic (exact) mass is 280 g/mol. The van der Waals surface area contributed by atoms with Crippen LogP contribution in [0.2, 0.25) is 18.1 Å². The Morgan fingerprint density at radius 3 is 1.95 bits per heavy atom. The molecule has 0 aromatic heterocycles. The van der Waals surface area contributed by atoms with Crippen molar-refractivity contribution in [2.75, 3.05) is 0 Å². The van der Waals surface area contributed by atoms with E-state index < -0.39 is 8.07 Å². The van der Waals surface area contributed by atoms with E-state index in [2.05, 4.69) is 66.8 Å². The van der Waals surface area contributed by atoms with E-state index in [0.29, 0.717) is 11.8 Å². The summed E-state index contributed by atoms with van der Waals surface area (Å²) in [6.45, 7) is 17.4. The van der Waals surface area contributed by atoms with Gasteiger partial charge in [-0.1, -0.05) is 57.2 Å². The molecule has 0 unspecified atom stereocenters. The fourth-order valence-corrected chi connectivity index (χ4v) is 3.23. The fraction of sp³-hybridized carbons (Fsp3) is 0.706. The molecule has 2 heteroatoms. The second-order valence-corrected chi connectivity index (χ2v) is 12.7. The van der Waals surface area contributed by atoms with E-state index in [9.17, 15) is 4.79 Å². The minimum absolute atomic E-state index is 0.157. The second-order valence-electron chi connectivity index (χ2n) is 7.37. The van der Waals surface area contributed by atoms with Crippen LogP contribution in [0.5, 0.6) is 0 Å². The predicted molar refractivity (Wildman–Crippen MR) is 89.2 cm³/mol. The molecule has 0 aromatic rings. The van der Waals surface area contributed by atoms with Crippen molar-refractivity contribution in [1.29, 1.82) is 0 Å². The Hall–Kier alpha value is -0.633. The quantitative estimate of drug-likeness (QED) is 0.451. The maximum absolute atomic E-state index is 12.4. The van der Waals surface area contributed by atoms with Crippen LogP contribution in [0.4, 0.5) is 0 Å². The third-order valence-corrected chi connectivity index (χ3v) is 9.71. The van der Waals surface area contributed by atoms with Gasteiger partial charge >= 0.3 is 0 Å². The van der Waals surface area contributed by atoms with Crippen molar-refractivity contribution in [3.8, 4) is 0 Å². The number of rotatable bonds is 6. The molecule has 0 saturated carbocycles. The molecule has 110 valence electrons. The number of carbonyl (C=O) groups is 1. The van der Waals surface area contributed by atoms with E-state index in [1.807, 2.05) is 0 Å². The Balaban J connectivity index is 4.42. The molecule has 0 radical (unpaired) electrons. The lowest BCUT2D eigenvalue weighted by atomic mass is 10.1. The summed E-state index contributed by atoms with van der Waals surface area (Å²) >= 11 is 0. The molecule has 0 amide bonds. The maximum Gasteiger partial charge on any atom is 0.132 e. The smallest absolute Gasteiger partial charge is 0.132 e. The van der Waals surface area contributed by atoms with Crippen LogP contribution in [0.3, 0.4) is 0 Å². The molecule has 0 rings (SSSR count). The van der Waals surface area contributed by atoms with E-state index >= 15 is 0 Å². The van der Waals surface area contributed by atoms with Crippen LogP contribution in [-0.2, 0) is 4.79 Å². The van der Waals surface area contributed by atoms with Gasteiger partial charge in [0.2, 0.25) is 0 Å². The van der Waals surface area contributed by atoms with Gasteiger partial charge in [0, 0.05) is 6.42 Å². The van der Waals surface area contributed by atoms with Crippen molar-refractivity contribution >= 4 is 13.5 Å². The van der Waals surface area contributed by atoms with Gasteiger partial charge in [-0.3, -0.25) is 0 Å². The van der Waals surface area contributed by atoms with Crippen LogP contribution in [-0.4, -0.2) is 13.5 Å². The van der Waals surface area contributed by atoms with Crippen LogP contribution >= 0.6 is 0 Å². The largest absolute Gasteiger partial charge is 0.305 e. The topological polar surface area (TPSA) is 17.1 Å². The summed E-state index contributed by atoms with van der Waals surface area (Å²) in [6.07, 6.45) is 7.09. The molecule has 0 aliphatic heterocycles. The van der Waals surface area contributed by atoms with Crippen molar-refractivity contribution in [2.24, 2.45) is 0 Å². The van der Waals surface area contributed by atoms with E-state index in [4.69, 9.17) is 0 Å². The van der Waals surface area contributed by atoms with Crippen molar-refractivity contribution in [3.05, 3.63) is 23.3 Å². The average molecular weight is 281 g/mol. The average Bonchev–Trinajstić information content (AvgIpc) is 2.23. The summed E-state index contributed by atoms with van der Waals surface area (Å²) in [4.78, 5) is 12.4. The van der Waals surface area contributed by atoms with Crippen LogP contribution in [0.25, 0.3) is 0 Å². The lowest BCUT2D eigenvalue weighted by molar-refractivity contribution is -0.112. The Bertz CT molecular complexity index is 363. The molecule has 0 saturated heterocycles. The summed E-state index contributed by atoms with van der Waals surface area (Å²) < 4.78 is 0. The third-order valence-electron chi connectivity index (χ3n) is 4.31. The molecule has 19 heavy (non-hydrogen) atoms. The maximum atomic E-state index is 12.4. The van der Waals surface area contributed by atoms with E-state index in [1.165, 1.54) is 11.1 Å². The minimum atomic E-state index is -1.80. The van der Waals surface area contributed by atoms with Gasteiger partial charge < -0.3 is 4.79 Å². The van der Waals surface area contributed by atoms with Gasteiger partial charge in [-0.05, 0) is 38.7 Å². The van der Waals surface area contributed by atoms with Crippen LogP contribution in [0.1, 0.15) is 60.8 Å². The van der Waals surface area contributed by atoms with Crippen molar-refractivity contribution in [1.82, 2.24) is 0 Å². The van der Waals surface area contributed by atoms with Crippen molar-refractivity contribution < 1.29 is 4.79 Å². The molecule has 0 spiro atoms. The van der Waals surface area contributed by atoms with Gasteiger partial charge in [0.15, 0.2) is 0 Å². The van der Waals surface area contributed by atoms with Crippen LogP contribution in [0.15, 0.2) is 23.3 Å². The van der Waals surface area contributed by atoms with Crippen molar-refractivity contribution in [2.45, 2.75) is 78.9 Å².